The van der Waals surface area contributed by atoms with Gasteiger partial charge >= 0.3 is 0 Å². The molecule has 1 aliphatic carbocycles. The third-order valence-corrected chi connectivity index (χ3v) is 7.50. The molecule has 0 saturated heterocycles. The lowest BCUT2D eigenvalue weighted by Gasteiger charge is -2.40. The lowest BCUT2D eigenvalue weighted by molar-refractivity contribution is 0.415. The number of nitrogens with two attached hydrogens (primary N) is 2. The summed E-state index contributed by atoms with van der Waals surface area (Å²) in [7, 11) is 1.68. The number of nitrogen functional groups attached to an aromatic ring is 2. The van der Waals surface area contributed by atoms with Crippen LogP contribution in [0.4, 0.5) is 11.4 Å². The van der Waals surface area contributed by atoms with Gasteiger partial charge in [0.05, 0.1) is 12.5 Å². The van der Waals surface area contributed by atoms with Crippen molar-refractivity contribution in [2.75, 3.05) is 18.6 Å². The second-order valence-corrected chi connectivity index (χ2v) is 9.37. The molecule has 0 aromatic heterocycles. The van der Waals surface area contributed by atoms with Crippen LogP contribution in [0.2, 0.25) is 0 Å². The van der Waals surface area contributed by atoms with Gasteiger partial charge in [-0.3, -0.25) is 0 Å². The van der Waals surface area contributed by atoms with Gasteiger partial charge in [-0.05, 0) is 81.9 Å². The predicted molar refractivity (Wildman–Crippen MR) is 145 cm³/mol. The number of methoxy groups -OCH3 is 1. The largest absolute Gasteiger partial charge is 0.497 e. The van der Waals surface area contributed by atoms with Crippen molar-refractivity contribution in [1.82, 2.24) is 0 Å². The molecule has 5 aromatic carbocycles. The third kappa shape index (κ3) is 2.64. The van der Waals surface area contributed by atoms with Crippen LogP contribution in [0.1, 0.15) is 22.3 Å². The Hall–Kier alpha value is -4.70. The van der Waals surface area contributed by atoms with Crippen LogP contribution in [0.5, 0.6) is 17.2 Å². The van der Waals surface area contributed by atoms with Crippen molar-refractivity contribution in [1.29, 1.82) is 0 Å². The summed E-state index contributed by atoms with van der Waals surface area (Å²) >= 11 is 0. The number of para-hydroxylation sites is 1. The van der Waals surface area contributed by atoms with Crippen molar-refractivity contribution in [2.45, 2.75) is 5.41 Å². The lowest BCUT2D eigenvalue weighted by atomic mass is 9.64. The van der Waals surface area contributed by atoms with Gasteiger partial charge in [0.2, 0.25) is 0 Å². The SMILES string of the molecule is COc1ccc(-c2cccc3c2C2(c4ccccc4O3)c3cc(N)ccc3-c3ccc(N)cc32)cc1. The number of fused-ring (bicyclic) bond motifs is 9. The highest BCUT2D eigenvalue weighted by atomic mass is 16.5. The summed E-state index contributed by atoms with van der Waals surface area (Å²) in [5.74, 6) is 2.48. The van der Waals surface area contributed by atoms with Crippen molar-refractivity contribution < 1.29 is 9.47 Å². The highest BCUT2D eigenvalue weighted by Crippen LogP contribution is 2.64. The van der Waals surface area contributed by atoms with Crippen molar-refractivity contribution in [3.63, 3.8) is 0 Å². The van der Waals surface area contributed by atoms with Crippen molar-refractivity contribution in [2.24, 2.45) is 0 Å². The Bertz CT molecular complexity index is 1620. The van der Waals surface area contributed by atoms with Crippen LogP contribution >= 0.6 is 0 Å². The van der Waals surface area contributed by atoms with E-state index in [0.29, 0.717) is 0 Å². The molecular weight excluding hydrogens is 444 g/mol. The molecule has 7 rings (SSSR count). The molecule has 4 nitrogen and oxygen atoms in total. The van der Waals surface area contributed by atoms with Crippen molar-refractivity contribution in [3.05, 3.63) is 125 Å². The van der Waals surface area contributed by atoms with Crippen LogP contribution in [-0.4, -0.2) is 7.11 Å². The van der Waals surface area contributed by atoms with E-state index < -0.39 is 5.41 Å². The molecule has 1 heterocycles. The molecule has 2 aliphatic rings. The molecule has 174 valence electrons. The van der Waals surface area contributed by atoms with E-state index >= 15 is 0 Å². The number of ether oxygens (including phenoxy) is 2. The smallest absolute Gasteiger partial charge is 0.132 e. The molecule has 0 saturated carbocycles. The summed E-state index contributed by atoms with van der Waals surface area (Å²) in [5, 5.41) is 0. The molecule has 0 fully saturated rings. The van der Waals surface area contributed by atoms with E-state index in [0.717, 1.165) is 73.1 Å². The van der Waals surface area contributed by atoms with Gasteiger partial charge in [-0.25, -0.2) is 0 Å². The lowest BCUT2D eigenvalue weighted by Crippen LogP contribution is -2.33. The Kier molecular flexibility index (Phi) is 4.24. The Morgan fingerprint density at radius 1 is 0.611 bits per heavy atom. The zero-order valence-electron chi connectivity index (χ0n) is 19.8. The minimum absolute atomic E-state index is 0.643. The first-order valence-electron chi connectivity index (χ1n) is 12.0. The van der Waals surface area contributed by atoms with Gasteiger partial charge in [0.1, 0.15) is 17.2 Å². The zero-order valence-corrected chi connectivity index (χ0v) is 19.8. The van der Waals surface area contributed by atoms with Crippen LogP contribution < -0.4 is 20.9 Å². The second-order valence-electron chi connectivity index (χ2n) is 9.37. The summed E-state index contributed by atoms with van der Waals surface area (Å²) in [5.41, 5.74) is 22.6. The minimum atomic E-state index is -0.643. The van der Waals surface area contributed by atoms with Crippen LogP contribution in [0.3, 0.4) is 0 Å². The first-order chi connectivity index (χ1) is 17.6. The zero-order chi connectivity index (χ0) is 24.4. The highest BCUT2D eigenvalue weighted by molar-refractivity contribution is 5.93. The fourth-order valence-electron chi connectivity index (χ4n) is 6.05. The highest BCUT2D eigenvalue weighted by Gasteiger charge is 2.52. The number of hydrogen-bond donors (Lipinski definition) is 2. The van der Waals surface area contributed by atoms with E-state index in [1.165, 1.54) is 0 Å². The molecule has 0 atom stereocenters. The number of hydrogen-bond acceptors (Lipinski definition) is 4. The molecule has 5 aromatic rings. The topological polar surface area (TPSA) is 70.5 Å². The summed E-state index contributed by atoms with van der Waals surface area (Å²) < 4.78 is 12.0. The Morgan fingerprint density at radius 2 is 1.25 bits per heavy atom. The maximum atomic E-state index is 6.57. The fraction of sp³-hybridized carbons (Fsp3) is 0.0625. The second kappa shape index (κ2) is 7.40. The van der Waals surface area contributed by atoms with E-state index in [-0.39, 0.29) is 0 Å². The molecule has 0 amide bonds. The Labute approximate surface area is 209 Å². The van der Waals surface area contributed by atoms with Gasteiger partial charge in [0.25, 0.3) is 0 Å². The molecular formula is C32H24N2O2. The van der Waals surface area contributed by atoms with E-state index in [1.807, 2.05) is 36.4 Å². The molecule has 4 N–H and O–H groups in total. The van der Waals surface area contributed by atoms with Gasteiger partial charge in [0, 0.05) is 22.5 Å². The van der Waals surface area contributed by atoms with Crippen LogP contribution in [0.25, 0.3) is 22.3 Å². The molecule has 36 heavy (non-hydrogen) atoms. The standard InChI is InChI=1S/C32H24N2O2/c1-35-22-13-9-19(10-14-22)23-5-4-8-30-31(23)32(26-6-2-3-7-29(26)36-30)27-17-20(33)11-15-24(27)25-16-12-21(34)18-28(25)32/h2-18H,33-34H2,1H3. The summed E-state index contributed by atoms with van der Waals surface area (Å²) in [6, 6.07) is 35.1. The summed E-state index contributed by atoms with van der Waals surface area (Å²) in [4.78, 5) is 0. The molecule has 0 unspecified atom stereocenters. The van der Waals surface area contributed by atoms with E-state index in [9.17, 15) is 0 Å². The van der Waals surface area contributed by atoms with Gasteiger partial charge in [0.15, 0.2) is 0 Å². The predicted octanol–water partition coefficient (Wildman–Crippen LogP) is 7.00. The molecule has 4 heteroatoms. The Morgan fingerprint density at radius 3 is 1.92 bits per heavy atom. The third-order valence-electron chi connectivity index (χ3n) is 7.50. The Balaban J connectivity index is 1.67. The fourth-order valence-corrected chi connectivity index (χ4v) is 6.05. The molecule has 1 aliphatic heterocycles. The van der Waals surface area contributed by atoms with Gasteiger partial charge < -0.3 is 20.9 Å². The van der Waals surface area contributed by atoms with E-state index in [4.69, 9.17) is 20.9 Å². The van der Waals surface area contributed by atoms with Gasteiger partial charge in [-0.1, -0.05) is 54.6 Å². The first-order valence-corrected chi connectivity index (χ1v) is 12.0. The molecule has 0 bridgehead atoms. The molecule has 1 spiro atoms. The van der Waals surface area contributed by atoms with Crippen LogP contribution in [-0.2, 0) is 5.41 Å². The van der Waals surface area contributed by atoms with Crippen molar-refractivity contribution in [3.8, 4) is 39.5 Å². The summed E-state index contributed by atoms with van der Waals surface area (Å²) in [6.07, 6.45) is 0. The monoisotopic (exact) mass is 468 g/mol. The van der Waals surface area contributed by atoms with Gasteiger partial charge in [-0.2, -0.15) is 0 Å². The first kappa shape index (κ1) is 20.7. The number of benzene rings is 5. The van der Waals surface area contributed by atoms with Gasteiger partial charge in [-0.15, -0.1) is 0 Å². The molecule has 0 radical (unpaired) electrons. The maximum absolute atomic E-state index is 6.57. The number of rotatable bonds is 2. The van der Waals surface area contributed by atoms with Crippen LogP contribution in [0.15, 0.2) is 103 Å². The summed E-state index contributed by atoms with van der Waals surface area (Å²) in [6.45, 7) is 0. The average Bonchev–Trinajstić information content (AvgIpc) is 3.17. The average molecular weight is 469 g/mol. The minimum Gasteiger partial charge on any atom is -0.497 e. The van der Waals surface area contributed by atoms with E-state index in [1.54, 1.807) is 7.11 Å². The quantitative estimate of drug-likeness (QED) is 0.268. The van der Waals surface area contributed by atoms with Crippen LogP contribution in [0, 0.1) is 0 Å². The normalized spacial score (nSPS) is 13.8. The van der Waals surface area contributed by atoms with Crippen molar-refractivity contribution >= 4 is 11.4 Å². The maximum Gasteiger partial charge on any atom is 0.132 e. The number of anilines is 2. The van der Waals surface area contributed by atoms with E-state index in [2.05, 4.69) is 66.7 Å².